The molecule has 0 saturated heterocycles. The van der Waals surface area contributed by atoms with Gasteiger partial charge in [-0.1, -0.05) is 12.1 Å². The molecule has 0 heterocycles. The molecule has 2 N–H and O–H groups in total. The minimum atomic E-state index is -0.915. The first-order valence-electron chi connectivity index (χ1n) is 7.64. The first-order chi connectivity index (χ1) is 12.5. The number of carbonyl (C=O) groups excluding carboxylic acids is 2. The highest BCUT2D eigenvalue weighted by Gasteiger charge is 2.13. The molecule has 136 valence electrons. The van der Waals surface area contributed by atoms with Gasteiger partial charge < -0.3 is 15.4 Å². The molecule has 0 saturated carbocycles. The van der Waals surface area contributed by atoms with Crippen molar-refractivity contribution < 1.29 is 23.6 Å². The second-order valence-electron chi connectivity index (χ2n) is 5.14. The molecule has 0 radical (unpaired) electrons. The number of nitro benzene ring substituents is 1. The Bertz CT molecular complexity index is 795. The van der Waals surface area contributed by atoms with E-state index in [4.69, 9.17) is 4.74 Å². The monoisotopic (exact) mass is 361 g/mol. The van der Waals surface area contributed by atoms with Crippen molar-refractivity contribution in [3.8, 4) is 0 Å². The smallest absolute Gasteiger partial charge is 0.341 e. The topological polar surface area (TPSA) is 111 Å². The predicted molar refractivity (Wildman–Crippen MR) is 91.3 cm³/mol. The summed E-state index contributed by atoms with van der Waals surface area (Å²) in [6.07, 6.45) is 0. The van der Waals surface area contributed by atoms with Gasteiger partial charge in [0.25, 0.3) is 11.6 Å². The molecule has 2 aromatic rings. The number of halogens is 1. The molecule has 26 heavy (non-hydrogen) atoms. The van der Waals surface area contributed by atoms with Crippen LogP contribution in [0.15, 0.2) is 48.5 Å². The van der Waals surface area contributed by atoms with Crippen molar-refractivity contribution in [1.82, 2.24) is 5.32 Å². The molecule has 0 atom stereocenters. The summed E-state index contributed by atoms with van der Waals surface area (Å²) in [5.74, 6) is -2.16. The quantitative estimate of drug-likeness (QED) is 0.322. The van der Waals surface area contributed by atoms with Crippen LogP contribution >= 0.6 is 0 Å². The Kier molecular flexibility index (Phi) is 6.60. The van der Waals surface area contributed by atoms with E-state index in [0.717, 1.165) is 6.07 Å². The van der Waals surface area contributed by atoms with E-state index < -0.39 is 29.2 Å². The van der Waals surface area contributed by atoms with Crippen molar-refractivity contribution in [2.45, 2.75) is 0 Å². The molecule has 0 fully saturated rings. The summed E-state index contributed by atoms with van der Waals surface area (Å²) in [5, 5.41) is 16.0. The fraction of sp³-hybridized carbons (Fsp3) is 0.176. The number of carbonyl (C=O) groups is 2. The average molecular weight is 361 g/mol. The van der Waals surface area contributed by atoms with Gasteiger partial charge in [-0.25, -0.2) is 9.18 Å². The summed E-state index contributed by atoms with van der Waals surface area (Å²) in [7, 11) is 0. The number of nitrogens with zero attached hydrogens (tertiary/aromatic N) is 1. The van der Waals surface area contributed by atoms with E-state index in [1.807, 2.05) is 0 Å². The molecule has 8 nitrogen and oxygen atoms in total. The van der Waals surface area contributed by atoms with E-state index >= 15 is 0 Å². The van der Waals surface area contributed by atoms with Gasteiger partial charge in [0.2, 0.25) is 0 Å². The Morgan fingerprint density at radius 3 is 2.42 bits per heavy atom. The molecule has 2 aromatic carbocycles. The van der Waals surface area contributed by atoms with Crippen LogP contribution in [0.2, 0.25) is 0 Å². The van der Waals surface area contributed by atoms with Crippen molar-refractivity contribution in [1.29, 1.82) is 0 Å². The summed E-state index contributed by atoms with van der Waals surface area (Å²) >= 11 is 0. The van der Waals surface area contributed by atoms with Crippen molar-refractivity contribution in [3.63, 3.8) is 0 Å². The highest BCUT2D eigenvalue weighted by Crippen LogP contribution is 2.14. The molecular formula is C17H16FN3O5. The van der Waals surface area contributed by atoms with Gasteiger partial charge >= 0.3 is 5.97 Å². The zero-order chi connectivity index (χ0) is 18.9. The lowest BCUT2D eigenvalue weighted by Crippen LogP contribution is -2.32. The Balaban J connectivity index is 1.66. The molecule has 1 amide bonds. The maximum atomic E-state index is 13.4. The van der Waals surface area contributed by atoms with Gasteiger partial charge in [0.15, 0.2) is 6.61 Å². The average Bonchev–Trinajstić information content (AvgIpc) is 2.64. The minimum absolute atomic E-state index is 0.0134. The fourth-order valence-electron chi connectivity index (χ4n) is 2.00. The number of hydrogen-bond acceptors (Lipinski definition) is 6. The van der Waals surface area contributed by atoms with Crippen molar-refractivity contribution in [2.24, 2.45) is 0 Å². The van der Waals surface area contributed by atoms with Crippen LogP contribution < -0.4 is 10.6 Å². The van der Waals surface area contributed by atoms with E-state index in [2.05, 4.69) is 10.6 Å². The maximum Gasteiger partial charge on any atom is 0.341 e. The largest absolute Gasteiger partial charge is 0.452 e. The maximum absolute atomic E-state index is 13.4. The van der Waals surface area contributed by atoms with Gasteiger partial charge in [-0.3, -0.25) is 14.9 Å². The number of benzene rings is 2. The molecule has 9 heteroatoms. The number of ether oxygens (including phenoxy) is 1. The molecule has 0 aromatic heterocycles. The molecule has 0 aliphatic heterocycles. The molecule has 0 aliphatic carbocycles. The third kappa shape index (κ3) is 5.55. The number of nitro groups is 1. The lowest BCUT2D eigenvalue weighted by Gasteiger charge is -2.09. The van der Waals surface area contributed by atoms with E-state index in [1.165, 1.54) is 30.3 Å². The molecule has 0 aliphatic rings. The van der Waals surface area contributed by atoms with E-state index in [1.54, 1.807) is 12.1 Å². The van der Waals surface area contributed by atoms with Crippen LogP contribution in [-0.4, -0.2) is 36.5 Å². The van der Waals surface area contributed by atoms with Crippen LogP contribution in [0.1, 0.15) is 10.4 Å². The van der Waals surface area contributed by atoms with E-state index in [-0.39, 0.29) is 17.8 Å². The standard InChI is InChI=1S/C17H16FN3O5/c18-15-4-2-1-3-14(15)17(23)26-11-16(22)20-10-9-19-12-5-7-13(8-6-12)21(24)25/h1-8,19H,9-11H2,(H,20,22). The van der Waals surface area contributed by atoms with Crippen LogP contribution in [0.4, 0.5) is 15.8 Å². The third-order valence-electron chi connectivity index (χ3n) is 3.28. The van der Waals surface area contributed by atoms with Gasteiger partial charge in [0.1, 0.15) is 5.82 Å². The number of rotatable bonds is 8. The van der Waals surface area contributed by atoms with Gasteiger partial charge in [-0.15, -0.1) is 0 Å². The third-order valence-corrected chi connectivity index (χ3v) is 3.28. The normalized spacial score (nSPS) is 10.0. The van der Waals surface area contributed by atoms with Crippen LogP contribution in [-0.2, 0) is 9.53 Å². The van der Waals surface area contributed by atoms with Crippen LogP contribution in [0.5, 0.6) is 0 Å². The number of hydrogen-bond donors (Lipinski definition) is 2. The molecular weight excluding hydrogens is 345 g/mol. The number of anilines is 1. The first kappa shape index (κ1) is 18.8. The lowest BCUT2D eigenvalue weighted by atomic mass is 10.2. The van der Waals surface area contributed by atoms with Gasteiger partial charge in [-0.2, -0.15) is 0 Å². The zero-order valence-corrected chi connectivity index (χ0v) is 13.6. The van der Waals surface area contributed by atoms with Crippen molar-refractivity contribution in [2.75, 3.05) is 25.0 Å². The molecule has 2 rings (SSSR count). The summed E-state index contributed by atoms with van der Waals surface area (Å²) in [6, 6.07) is 11.2. The predicted octanol–water partition coefficient (Wildman–Crippen LogP) is 2.12. The van der Waals surface area contributed by atoms with Crippen molar-refractivity contribution >= 4 is 23.3 Å². The summed E-state index contributed by atoms with van der Waals surface area (Å²) in [6.45, 7) is 0.0859. The SMILES string of the molecule is O=C(COC(=O)c1ccccc1F)NCCNc1ccc([N+](=O)[O-])cc1. The van der Waals surface area contributed by atoms with E-state index in [9.17, 15) is 24.1 Å². The van der Waals surface area contributed by atoms with Crippen LogP contribution in [0.25, 0.3) is 0 Å². The zero-order valence-electron chi connectivity index (χ0n) is 13.6. The van der Waals surface area contributed by atoms with Gasteiger partial charge in [0, 0.05) is 30.9 Å². The van der Waals surface area contributed by atoms with Crippen molar-refractivity contribution in [3.05, 3.63) is 70.0 Å². The highest BCUT2D eigenvalue weighted by molar-refractivity contribution is 5.91. The first-order valence-corrected chi connectivity index (χ1v) is 7.64. The lowest BCUT2D eigenvalue weighted by molar-refractivity contribution is -0.384. The summed E-state index contributed by atoms with van der Waals surface area (Å²) in [5.41, 5.74) is 0.413. The summed E-state index contributed by atoms with van der Waals surface area (Å²) < 4.78 is 18.1. The highest BCUT2D eigenvalue weighted by atomic mass is 19.1. The Morgan fingerprint density at radius 1 is 1.08 bits per heavy atom. The second kappa shape index (κ2) is 9.11. The Morgan fingerprint density at radius 2 is 1.77 bits per heavy atom. The van der Waals surface area contributed by atoms with Crippen LogP contribution in [0, 0.1) is 15.9 Å². The van der Waals surface area contributed by atoms with Gasteiger partial charge in [-0.05, 0) is 24.3 Å². The minimum Gasteiger partial charge on any atom is -0.452 e. The van der Waals surface area contributed by atoms with E-state index in [0.29, 0.717) is 12.2 Å². The number of nitrogens with one attached hydrogen (secondary N) is 2. The summed E-state index contributed by atoms with van der Waals surface area (Å²) in [4.78, 5) is 33.3. The molecule has 0 bridgehead atoms. The molecule has 0 unspecified atom stereocenters. The van der Waals surface area contributed by atoms with Crippen LogP contribution in [0.3, 0.4) is 0 Å². The second-order valence-corrected chi connectivity index (χ2v) is 5.14. The Hall–Kier alpha value is -3.49. The molecule has 0 spiro atoms. The number of non-ortho nitro benzene ring substituents is 1. The Labute approximate surface area is 148 Å². The number of amides is 1. The fourth-order valence-corrected chi connectivity index (χ4v) is 2.00. The number of esters is 1. The van der Waals surface area contributed by atoms with Gasteiger partial charge in [0.05, 0.1) is 10.5 Å².